The predicted molar refractivity (Wildman–Crippen MR) is 147 cm³/mol. The molecule has 2 amide bonds. The third kappa shape index (κ3) is 4.31. The molecule has 1 N–H and O–H groups in total. The summed E-state index contributed by atoms with van der Waals surface area (Å²) < 4.78 is 11.1. The summed E-state index contributed by atoms with van der Waals surface area (Å²) in [6.45, 7) is 9.56. The summed E-state index contributed by atoms with van der Waals surface area (Å²) in [7, 11) is 1.62. The van der Waals surface area contributed by atoms with Crippen molar-refractivity contribution in [1.29, 1.82) is 0 Å². The fourth-order valence-corrected chi connectivity index (χ4v) is 5.80. The Balaban J connectivity index is 1.61. The van der Waals surface area contributed by atoms with Gasteiger partial charge >= 0.3 is 0 Å². The summed E-state index contributed by atoms with van der Waals surface area (Å²) >= 11 is 0. The minimum atomic E-state index is -1.75. The van der Waals surface area contributed by atoms with E-state index in [-0.39, 0.29) is 17.9 Å². The fourth-order valence-electron chi connectivity index (χ4n) is 5.80. The van der Waals surface area contributed by atoms with E-state index in [4.69, 9.17) is 9.47 Å². The number of likely N-dealkylation sites (N-methyl/N-ethyl adjacent to an activating group) is 1. The van der Waals surface area contributed by atoms with Crippen LogP contribution in [0.3, 0.4) is 0 Å². The molecule has 2 aromatic rings. The second-order valence-corrected chi connectivity index (χ2v) is 9.99. The Kier molecular flexibility index (Phi) is 7.29. The number of anilines is 1. The van der Waals surface area contributed by atoms with Crippen LogP contribution in [0.4, 0.5) is 5.69 Å². The number of fused-ring (bicyclic) bond motifs is 2. The van der Waals surface area contributed by atoms with Crippen molar-refractivity contribution in [3.05, 3.63) is 77.4 Å². The molecule has 0 aliphatic carbocycles. The third-order valence-electron chi connectivity index (χ3n) is 7.70. The summed E-state index contributed by atoms with van der Waals surface area (Å²) in [5.41, 5.74) is 0.194. The molecule has 2 fully saturated rings. The van der Waals surface area contributed by atoms with E-state index in [1.165, 1.54) is 9.80 Å². The Morgan fingerprint density at radius 2 is 1.87 bits per heavy atom. The average Bonchev–Trinajstić information content (AvgIpc) is 3.31. The Morgan fingerprint density at radius 1 is 1.13 bits per heavy atom. The second-order valence-electron chi connectivity index (χ2n) is 9.99. The van der Waals surface area contributed by atoms with Gasteiger partial charge in [-0.1, -0.05) is 30.9 Å². The lowest BCUT2D eigenvalue weighted by atomic mass is 9.81. The summed E-state index contributed by atoms with van der Waals surface area (Å²) in [5.74, 6) is -1.90. The van der Waals surface area contributed by atoms with Crippen LogP contribution in [0.1, 0.15) is 23.1 Å². The molecule has 2 aromatic carbocycles. The van der Waals surface area contributed by atoms with Crippen LogP contribution in [0.15, 0.2) is 60.7 Å². The van der Waals surface area contributed by atoms with Crippen molar-refractivity contribution in [2.24, 2.45) is 0 Å². The molecule has 9 heteroatoms. The number of hydrogen-bond donors (Lipinski definition) is 1. The molecule has 0 saturated carbocycles. The number of ketones is 1. The summed E-state index contributed by atoms with van der Waals surface area (Å²) in [6.07, 6.45) is 2.19. The van der Waals surface area contributed by atoms with Gasteiger partial charge in [0, 0.05) is 50.0 Å². The molecule has 1 spiro atoms. The van der Waals surface area contributed by atoms with Gasteiger partial charge in [-0.25, -0.2) is 0 Å². The first-order chi connectivity index (χ1) is 18.8. The van der Waals surface area contributed by atoms with Crippen LogP contribution in [0.2, 0.25) is 0 Å². The number of nitrogens with zero attached hydrogens (tertiary/aromatic N) is 3. The van der Waals surface area contributed by atoms with Gasteiger partial charge in [-0.15, -0.1) is 0 Å². The zero-order chi connectivity index (χ0) is 27.7. The van der Waals surface area contributed by atoms with Crippen molar-refractivity contribution < 1.29 is 29.0 Å². The van der Waals surface area contributed by atoms with Gasteiger partial charge in [-0.05, 0) is 43.2 Å². The highest BCUT2D eigenvalue weighted by Crippen LogP contribution is 2.53. The minimum Gasteiger partial charge on any atom is -0.507 e. The van der Waals surface area contributed by atoms with Crippen LogP contribution in [0.25, 0.3) is 5.76 Å². The minimum absolute atomic E-state index is 0.181. The van der Waals surface area contributed by atoms with Gasteiger partial charge < -0.3 is 24.4 Å². The van der Waals surface area contributed by atoms with Gasteiger partial charge in [0.15, 0.2) is 5.54 Å². The molecule has 3 heterocycles. The van der Waals surface area contributed by atoms with Crippen LogP contribution < -0.4 is 9.64 Å². The molecule has 9 nitrogen and oxygen atoms in total. The maximum absolute atomic E-state index is 14.1. The normalized spacial score (nSPS) is 22.6. The van der Waals surface area contributed by atoms with Crippen LogP contribution in [0, 0.1) is 6.92 Å². The van der Waals surface area contributed by atoms with E-state index in [2.05, 4.69) is 11.5 Å². The van der Waals surface area contributed by atoms with Crippen molar-refractivity contribution in [3.63, 3.8) is 0 Å². The molecule has 3 aliphatic heterocycles. The number of ether oxygens (including phenoxy) is 2. The SMILES string of the molecule is C=CCOc1ccc(C(O)=C2C(=O)C(=O)N(CCCN3CCOCC3)[C@@]23C(=O)N(C)c2ccccc23)cc1C. The van der Waals surface area contributed by atoms with E-state index < -0.39 is 23.1 Å². The van der Waals surface area contributed by atoms with E-state index in [0.717, 1.165) is 18.7 Å². The zero-order valence-corrected chi connectivity index (χ0v) is 22.3. The number of carbonyl (C=O) groups excluding carboxylic acids is 3. The maximum atomic E-state index is 14.1. The van der Waals surface area contributed by atoms with Crippen molar-refractivity contribution in [2.45, 2.75) is 18.9 Å². The lowest BCUT2D eigenvalue weighted by Gasteiger charge is -2.35. The number of rotatable bonds is 8. The van der Waals surface area contributed by atoms with Crippen molar-refractivity contribution >= 4 is 29.0 Å². The standard InChI is InChI=1S/C30H33N3O6/c1-4-16-39-24-11-10-21(19-20(24)2)26(34)25-27(35)28(36)33(13-7-12-32-14-17-38-18-15-32)30(25)22-8-5-6-9-23(22)31(3)29(30)37/h4-6,8-11,19,34H,1,7,12-18H2,2-3H3/t30-/m1/s1. The number of Topliss-reactive ketones (excluding diaryl/α,β-unsaturated/α-hetero) is 1. The number of amides is 2. The molecule has 2 saturated heterocycles. The van der Waals surface area contributed by atoms with Gasteiger partial charge in [0.2, 0.25) is 0 Å². The molecule has 39 heavy (non-hydrogen) atoms. The molecule has 1 atom stereocenters. The zero-order valence-electron chi connectivity index (χ0n) is 22.3. The number of hydrogen-bond acceptors (Lipinski definition) is 7. The number of aliphatic hydroxyl groups is 1. The summed E-state index contributed by atoms with van der Waals surface area (Å²) in [5, 5.41) is 11.6. The van der Waals surface area contributed by atoms with Gasteiger partial charge in [-0.2, -0.15) is 0 Å². The maximum Gasteiger partial charge on any atom is 0.296 e. The first-order valence-corrected chi connectivity index (χ1v) is 13.1. The lowest BCUT2D eigenvalue weighted by Crippen LogP contribution is -2.52. The number of likely N-dealkylation sites (tertiary alicyclic amines) is 1. The first kappa shape index (κ1) is 26.6. The monoisotopic (exact) mass is 531 g/mol. The van der Waals surface area contributed by atoms with Gasteiger partial charge in [0.05, 0.1) is 18.8 Å². The molecule has 5 rings (SSSR count). The van der Waals surface area contributed by atoms with Crippen LogP contribution >= 0.6 is 0 Å². The van der Waals surface area contributed by atoms with Crippen LogP contribution in [-0.4, -0.2) is 85.6 Å². The predicted octanol–water partition coefficient (Wildman–Crippen LogP) is 2.83. The highest BCUT2D eigenvalue weighted by atomic mass is 16.5. The van der Waals surface area contributed by atoms with E-state index in [0.29, 0.717) is 55.4 Å². The van der Waals surface area contributed by atoms with Gasteiger partial charge in [0.1, 0.15) is 18.1 Å². The molecule has 3 aliphatic rings. The van der Waals surface area contributed by atoms with Crippen LogP contribution in [0.5, 0.6) is 5.75 Å². The molecule has 0 bridgehead atoms. The summed E-state index contributed by atoms with van der Waals surface area (Å²) in [6, 6.07) is 12.1. The molecule has 0 radical (unpaired) electrons. The number of para-hydroxylation sites is 1. The van der Waals surface area contributed by atoms with E-state index in [1.807, 2.05) is 6.92 Å². The van der Waals surface area contributed by atoms with Gasteiger partial charge in [0.25, 0.3) is 17.6 Å². The lowest BCUT2D eigenvalue weighted by molar-refractivity contribution is -0.143. The Morgan fingerprint density at radius 3 is 2.59 bits per heavy atom. The number of aryl methyl sites for hydroxylation is 1. The topological polar surface area (TPSA) is 99.6 Å². The third-order valence-corrected chi connectivity index (χ3v) is 7.70. The average molecular weight is 532 g/mol. The van der Waals surface area contributed by atoms with E-state index in [1.54, 1.807) is 55.6 Å². The Labute approximate surface area is 227 Å². The molecular weight excluding hydrogens is 498 g/mol. The first-order valence-electron chi connectivity index (χ1n) is 13.1. The quantitative estimate of drug-likeness (QED) is 0.242. The number of benzene rings is 2. The largest absolute Gasteiger partial charge is 0.507 e. The van der Waals surface area contributed by atoms with Crippen molar-refractivity contribution in [2.75, 3.05) is 57.9 Å². The Hall–Kier alpha value is -3.95. The van der Waals surface area contributed by atoms with E-state index >= 15 is 0 Å². The number of morpholine rings is 1. The van der Waals surface area contributed by atoms with Crippen molar-refractivity contribution in [1.82, 2.24) is 9.80 Å². The number of carbonyl (C=O) groups is 3. The molecule has 204 valence electrons. The highest BCUT2D eigenvalue weighted by molar-refractivity contribution is 6.50. The molecule has 0 unspecified atom stereocenters. The van der Waals surface area contributed by atoms with E-state index in [9.17, 15) is 19.5 Å². The van der Waals surface area contributed by atoms with Crippen LogP contribution in [-0.2, 0) is 24.7 Å². The molecule has 0 aromatic heterocycles. The summed E-state index contributed by atoms with van der Waals surface area (Å²) in [4.78, 5) is 46.4. The molecular formula is C30H33N3O6. The Bertz CT molecular complexity index is 1360. The van der Waals surface area contributed by atoms with Gasteiger partial charge in [-0.3, -0.25) is 19.3 Å². The fraction of sp³-hybridized carbons (Fsp3) is 0.367. The highest BCUT2D eigenvalue weighted by Gasteiger charge is 2.66. The smallest absolute Gasteiger partial charge is 0.296 e. The second kappa shape index (κ2) is 10.7. The number of aliphatic hydroxyl groups excluding tert-OH is 1. The van der Waals surface area contributed by atoms with Crippen molar-refractivity contribution in [3.8, 4) is 5.75 Å².